The van der Waals surface area contributed by atoms with E-state index >= 15 is 0 Å². The van der Waals surface area contributed by atoms with Crippen LogP contribution < -0.4 is 0 Å². The molecule has 0 unspecified atom stereocenters. The van der Waals surface area contributed by atoms with Gasteiger partial charge >= 0.3 is 0 Å². The van der Waals surface area contributed by atoms with Crippen LogP contribution in [0, 0.1) is 6.92 Å². The molecule has 0 N–H and O–H groups in total. The van der Waals surface area contributed by atoms with Crippen LogP contribution in [-0.4, -0.2) is 20.3 Å². The van der Waals surface area contributed by atoms with E-state index in [0.29, 0.717) is 17.4 Å². The van der Waals surface area contributed by atoms with Crippen molar-refractivity contribution in [3.8, 4) is 11.5 Å². The summed E-state index contributed by atoms with van der Waals surface area (Å²) in [6.07, 6.45) is 4.20. The highest BCUT2D eigenvalue weighted by Gasteiger charge is 2.23. The van der Waals surface area contributed by atoms with Gasteiger partial charge in [0.05, 0.1) is 5.69 Å². The summed E-state index contributed by atoms with van der Waals surface area (Å²) in [5.41, 5.74) is 4.42. The van der Waals surface area contributed by atoms with E-state index in [-0.39, 0.29) is 0 Å². The highest BCUT2D eigenvalue weighted by molar-refractivity contribution is 5.46. The molecular weight excluding hydrogens is 288 g/mol. The number of fused-ring (bicyclic) bond motifs is 1. The Morgan fingerprint density at radius 1 is 0.957 bits per heavy atom. The highest BCUT2D eigenvalue weighted by atomic mass is 16.5. The van der Waals surface area contributed by atoms with Gasteiger partial charge in [0, 0.05) is 5.92 Å². The van der Waals surface area contributed by atoms with Crippen molar-refractivity contribution in [1.29, 1.82) is 0 Å². The number of nitrogens with zero attached hydrogens (tertiary/aromatic N) is 4. The maximum absolute atomic E-state index is 5.51. The van der Waals surface area contributed by atoms with E-state index in [1.165, 1.54) is 11.1 Å². The zero-order valence-corrected chi connectivity index (χ0v) is 13.1. The third-order valence-electron chi connectivity index (χ3n) is 4.46. The molecule has 0 bridgehead atoms. The molecule has 0 fully saturated rings. The summed E-state index contributed by atoms with van der Waals surface area (Å²) in [5.74, 6) is 1.55. The molecule has 5 heteroatoms. The first-order valence-corrected chi connectivity index (χ1v) is 8.01. The average molecular weight is 306 g/mol. The van der Waals surface area contributed by atoms with Gasteiger partial charge in [-0.25, -0.2) is 0 Å². The SMILES string of the molecule is Cc1ccc(-c2noc(C3CCc4ccccc4CC3)n2)nn1. The predicted octanol–water partition coefficient (Wildman–Crippen LogP) is 3.50. The summed E-state index contributed by atoms with van der Waals surface area (Å²) in [6.45, 7) is 1.90. The third kappa shape index (κ3) is 2.86. The molecule has 4 rings (SSSR count). The molecular formula is C18H18N4O. The van der Waals surface area contributed by atoms with Crippen molar-refractivity contribution in [3.05, 3.63) is 59.1 Å². The second-order valence-electron chi connectivity index (χ2n) is 6.06. The van der Waals surface area contributed by atoms with Crippen LogP contribution in [0.15, 0.2) is 40.9 Å². The Labute approximate surface area is 134 Å². The van der Waals surface area contributed by atoms with Gasteiger partial charge in [0.2, 0.25) is 11.7 Å². The van der Waals surface area contributed by atoms with E-state index in [0.717, 1.165) is 37.3 Å². The molecule has 0 radical (unpaired) electrons. The van der Waals surface area contributed by atoms with Crippen LogP contribution >= 0.6 is 0 Å². The number of rotatable bonds is 2. The first-order chi connectivity index (χ1) is 11.3. The molecule has 0 spiro atoms. The topological polar surface area (TPSA) is 64.7 Å². The van der Waals surface area contributed by atoms with Gasteiger partial charge in [0.1, 0.15) is 5.69 Å². The van der Waals surface area contributed by atoms with E-state index in [2.05, 4.69) is 44.6 Å². The molecule has 0 atom stereocenters. The minimum absolute atomic E-state index is 0.307. The predicted molar refractivity (Wildman–Crippen MR) is 85.9 cm³/mol. The summed E-state index contributed by atoms with van der Waals surface area (Å²) in [7, 11) is 0. The Morgan fingerprint density at radius 3 is 2.35 bits per heavy atom. The molecule has 116 valence electrons. The van der Waals surface area contributed by atoms with Gasteiger partial charge < -0.3 is 4.52 Å². The lowest BCUT2D eigenvalue weighted by Crippen LogP contribution is -2.00. The molecule has 3 aromatic rings. The van der Waals surface area contributed by atoms with Gasteiger partial charge in [0.25, 0.3) is 0 Å². The second-order valence-corrected chi connectivity index (χ2v) is 6.06. The smallest absolute Gasteiger partial charge is 0.230 e. The quantitative estimate of drug-likeness (QED) is 0.678. The lowest BCUT2D eigenvalue weighted by Gasteiger charge is -2.07. The van der Waals surface area contributed by atoms with E-state index in [1.807, 2.05) is 19.1 Å². The van der Waals surface area contributed by atoms with Crippen molar-refractivity contribution in [2.24, 2.45) is 0 Å². The lowest BCUT2D eigenvalue weighted by molar-refractivity contribution is 0.341. The molecule has 0 amide bonds. The summed E-state index contributed by atoms with van der Waals surface area (Å²) >= 11 is 0. The highest BCUT2D eigenvalue weighted by Crippen LogP contribution is 2.31. The molecule has 0 aliphatic heterocycles. The van der Waals surface area contributed by atoms with Crippen molar-refractivity contribution in [1.82, 2.24) is 20.3 Å². The normalized spacial score (nSPS) is 15.2. The second kappa shape index (κ2) is 5.91. The van der Waals surface area contributed by atoms with Gasteiger partial charge in [-0.1, -0.05) is 29.4 Å². The maximum atomic E-state index is 5.51. The Kier molecular flexibility index (Phi) is 3.61. The van der Waals surface area contributed by atoms with Crippen LogP contribution in [-0.2, 0) is 12.8 Å². The Balaban J connectivity index is 1.54. The minimum Gasteiger partial charge on any atom is -0.339 e. The number of benzene rings is 1. The lowest BCUT2D eigenvalue weighted by atomic mass is 10.00. The van der Waals surface area contributed by atoms with Crippen LogP contribution in [0.4, 0.5) is 0 Å². The number of aryl methyl sites for hydroxylation is 3. The standard InChI is InChI=1S/C18H18N4O/c1-12-6-11-16(21-20-12)17-19-18(23-22-17)15-9-7-13-4-2-3-5-14(13)8-10-15/h2-6,11,15H,7-10H2,1H3. The van der Waals surface area contributed by atoms with Gasteiger partial charge in [-0.2, -0.15) is 10.1 Å². The van der Waals surface area contributed by atoms with Crippen LogP contribution in [0.5, 0.6) is 0 Å². The summed E-state index contributed by atoms with van der Waals surface area (Å²) < 4.78 is 5.51. The van der Waals surface area contributed by atoms with Gasteiger partial charge in [0.15, 0.2) is 0 Å². The first kappa shape index (κ1) is 14.1. The van der Waals surface area contributed by atoms with Crippen LogP contribution in [0.25, 0.3) is 11.5 Å². The Morgan fingerprint density at radius 2 is 1.70 bits per heavy atom. The van der Waals surface area contributed by atoms with E-state index < -0.39 is 0 Å². The molecule has 2 heterocycles. The van der Waals surface area contributed by atoms with Crippen LogP contribution in [0.1, 0.15) is 41.5 Å². The minimum atomic E-state index is 0.307. The molecule has 0 saturated carbocycles. The van der Waals surface area contributed by atoms with Gasteiger partial charge in [-0.15, -0.1) is 5.10 Å². The summed E-state index contributed by atoms with van der Waals surface area (Å²) in [5, 5.41) is 12.3. The maximum Gasteiger partial charge on any atom is 0.230 e. The zero-order valence-electron chi connectivity index (χ0n) is 13.1. The van der Waals surface area contributed by atoms with Crippen molar-refractivity contribution in [2.45, 2.75) is 38.5 Å². The summed E-state index contributed by atoms with van der Waals surface area (Å²) in [4.78, 5) is 4.56. The monoisotopic (exact) mass is 306 g/mol. The molecule has 2 aromatic heterocycles. The average Bonchev–Trinajstić information content (AvgIpc) is 2.96. The number of hydrogen-bond donors (Lipinski definition) is 0. The molecule has 5 nitrogen and oxygen atoms in total. The fraction of sp³-hybridized carbons (Fsp3) is 0.333. The number of aromatic nitrogens is 4. The first-order valence-electron chi connectivity index (χ1n) is 8.01. The number of hydrogen-bond acceptors (Lipinski definition) is 5. The third-order valence-corrected chi connectivity index (χ3v) is 4.46. The molecule has 23 heavy (non-hydrogen) atoms. The van der Waals surface area contributed by atoms with Crippen molar-refractivity contribution < 1.29 is 4.52 Å². The fourth-order valence-electron chi connectivity index (χ4n) is 3.12. The fourth-order valence-corrected chi connectivity index (χ4v) is 3.12. The van der Waals surface area contributed by atoms with E-state index in [1.54, 1.807) is 0 Å². The van der Waals surface area contributed by atoms with Crippen molar-refractivity contribution in [2.75, 3.05) is 0 Å². The molecule has 1 aliphatic rings. The largest absolute Gasteiger partial charge is 0.339 e. The zero-order chi connectivity index (χ0) is 15.6. The summed E-state index contributed by atoms with van der Waals surface area (Å²) in [6, 6.07) is 12.4. The molecule has 1 aromatic carbocycles. The van der Waals surface area contributed by atoms with Crippen LogP contribution in [0.3, 0.4) is 0 Å². The van der Waals surface area contributed by atoms with Crippen molar-refractivity contribution in [3.63, 3.8) is 0 Å². The molecule has 1 aliphatic carbocycles. The van der Waals surface area contributed by atoms with E-state index in [4.69, 9.17) is 4.52 Å². The van der Waals surface area contributed by atoms with Crippen LogP contribution in [0.2, 0.25) is 0 Å². The van der Waals surface area contributed by atoms with Crippen molar-refractivity contribution >= 4 is 0 Å². The van der Waals surface area contributed by atoms with Gasteiger partial charge in [-0.3, -0.25) is 0 Å². The van der Waals surface area contributed by atoms with Gasteiger partial charge in [-0.05, 0) is 55.9 Å². The Bertz CT molecular complexity index is 783. The van der Waals surface area contributed by atoms with E-state index in [9.17, 15) is 0 Å². The Hall–Kier alpha value is -2.56. The molecule has 0 saturated heterocycles.